The van der Waals surface area contributed by atoms with Gasteiger partial charge in [-0.1, -0.05) is 19.1 Å². The van der Waals surface area contributed by atoms with Gasteiger partial charge in [0.25, 0.3) is 0 Å². The lowest BCUT2D eigenvalue weighted by molar-refractivity contribution is 0.00578. The van der Waals surface area contributed by atoms with Crippen molar-refractivity contribution in [1.82, 2.24) is 0 Å². The third-order valence-corrected chi connectivity index (χ3v) is 5.19. The smallest absolute Gasteiger partial charge is 0.399 e. The zero-order valence-electron chi connectivity index (χ0n) is 14.1. The number of nitrogen functional groups attached to an aromatic ring is 1. The second kappa shape index (κ2) is 5.10. The number of nitrogens with zero attached hydrogens (tertiary/aromatic N) is 1. The van der Waals surface area contributed by atoms with Gasteiger partial charge in [0.15, 0.2) is 0 Å². The zero-order chi connectivity index (χ0) is 16.1. The number of hydrogen-bond donors (Lipinski definition) is 1. The number of nitrogens with two attached hydrogens (primary N) is 1. The van der Waals surface area contributed by atoms with Gasteiger partial charge >= 0.3 is 7.12 Å². The Morgan fingerprint density at radius 2 is 1.82 bits per heavy atom. The molecule has 1 saturated heterocycles. The van der Waals surface area contributed by atoms with Crippen molar-refractivity contribution in [2.75, 3.05) is 12.3 Å². The third-order valence-electron chi connectivity index (χ3n) is 5.19. The Labute approximate surface area is 133 Å². The Bertz CT molecular complexity index is 609. The van der Waals surface area contributed by atoms with Crippen molar-refractivity contribution in [2.24, 2.45) is 10.9 Å². The van der Waals surface area contributed by atoms with Crippen LogP contribution in [0.1, 0.15) is 46.6 Å². The molecule has 22 heavy (non-hydrogen) atoms. The van der Waals surface area contributed by atoms with Crippen LogP contribution in [0.5, 0.6) is 0 Å². The van der Waals surface area contributed by atoms with E-state index in [0.29, 0.717) is 5.92 Å². The molecule has 2 aliphatic heterocycles. The Balaban J connectivity index is 1.94. The molecule has 118 valence electrons. The Morgan fingerprint density at radius 1 is 1.18 bits per heavy atom. The highest BCUT2D eigenvalue weighted by atomic mass is 16.7. The van der Waals surface area contributed by atoms with Gasteiger partial charge in [0.1, 0.15) is 0 Å². The van der Waals surface area contributed by atoms with E-state index in [1.165, 1.54) is 0 Å². The normalized spacial score (nSPS) is 26.3. The molecule has 5 heteroatoms. The van der Waals surface area contributed by atoms with Crippen LogP contribution in [-0.2, 0) is 9.31 Å². The van der Waals surface area contributed by atoms with Crippen LogP contribution in [0.3, 0.4) is 0 Å². The van der Waals surface area contributed by atoms with Crippen LogP contribution in [0.2, 0.25) is 0 Å². The van der Waals surface area contributed by atoms with E-state index >= 15 is 0 Å². The lowest BCUT2D eigenvalue weighted by Crippen LogP contribution is -2.41. The quantitative estimate of drug-likeness (QED) is 0.674. The average molecular weight is 300 g/mol. The first-order valence-electron chi connectivity index (χ1n) is 8.01. The van der Waals surface area contributed by atoms with Crippen LogP contribution >= 0.6 is 0 Å². The molecule has 1 atom stereocenters. The maximum absolute atomic E-state index is 6.17. The summed E-state index contributed by atoms with van der Waals surface area (Å²) >= 11 is 0. The molecule has 2 heterocycles. The van der Waals surface area contributed by atoms with E-state index < -0.39 is 0 Å². The molecule has 1 unspecified atom stereocenters. The Kier molecular flexibility index (Phi) is 3.61. The maximum atomic E-state index is 6.17. The molecule has 1 aromatic rings. The topological polar surface area (TPSA) is 56.8 Å². The summed E-state index contributed by atoms with van der Waals surface area (Å²) in [4.78, 5) is 4.63. The van der Waals surface area contributed by atoms with Gasteiger partial charge in [-0.15, -0.1) is 0 Å². The molecule has 4 nitrogen and oxygen atoms in total. The van der Waals surface area contributed by atoms with Gasteiger partial charge in [0, 0.05) is 29.4 Å². The van der Waals surface area contributed by atoms with Crippen LogP contribution in [-0.4, -0.2) is 30.6 Å². The minimum absolute atomic E-state index is 0.336. The predicted molar refractivity (Wildman–Crippen MR) is 91.8 cm³/mol. The molecule has 0 radical (unpaired) electrons. The zero-order valence-corrected chi connectivity index (χ0v) is 14.1. The summed E-state index contributed by atoms with van der Waals surface area (Å²) in [6.07, 6.45) is 1.09. The predicted octanol–water partition coefficient (Wildman–Crippen LogP) is 2.40. The van der Waals surface area contributed by atoms with Gasteiger partial charge in [0.2, 0.25) is 0 Å². The summed E-state index contributed by atoms with van der Waals surface area (Å²) in [5, 5.41) is 0. The fourth-order valence-corrected chi connectivity index (χ4v) is 2.94. The highest BCUT2D eigenvalue weighted by molar-refractivity contribution is 6.62. The van der Waals surface area contributed by atoms with Crippen LogP contribution in [0.4, 0.5) is 5.69 Å². The number of anilines is 1. The van der Waals surface area contributed by atoms with E-state index in [4.69, 9.17) is 15.0 Å². The van der Waals surface area contributed by atoms with Crippen LogP contribution in [0, 0.1) is 5.92 Å². The van der Waals surface area contributed by atoms with Gasteiger partial charge in [-0.05, 0) is 45.6 Å². The van der Waals surface area contributed by atoms with Gasteiger partial charge < -0.3 is 15.0 Å². The summed E-state index contributed by atoms with van der Waals surface area (Å²) in [5.41, 5.74) is 9.41. The molecular formula is C17H25BN2O2. The summed E-state index contributed by atoms with van der Waals surface area (Å²) in [7, 11) is -0.360. The fourth-order valence-electron chi connectivity index (χ4n) is 2.94. The summed E-state index contributed by atoms with van der Waals surface area (Å²) < 4.78 is 12.3. The molecule has 2 N–H and O–H groups in total. The molecule has 0 saturated carbocycles. The molecule has 3 rings (SSSR count). The minimum Gasteiger partial charge on any atom is -0.399 e. The Hall–Kier alpha value is -1.33. The lowest BCUT2D eigenvalue weighted by atomic mass is 9.77. The van der Waals surface area contributed by atoms with E-state index in [1.54, 1.807) is 0 Å². The number of benzene rings is 1. The number of aliphatic imine (C=N–C) groups is 1. The monoisotopic (exact) mass is 300 g/mol. The number of hydrogen-bond acceptors (Lipinski definition) is 4. The van der Waals surface area contributed by atoms with Crippen molar-refractivity contribution in [3.63, 3.8) is 0 Å². The summed E-state index contributed by atoms with van der Waals surface area (Å²) in [6, 6.07) is 6.00. The van der Waals surface area contributed by atoms with E-state index in [2.05, 4.69) is 45.7 Å². The SMILES string of the molecule is CC1CCN=C1c1cc(B2OC(C)(C)C(C)(C)O2)ccc1N. The molecule has 2 aliphatic rings. The van der Waals surface area contributed by atoms with Crippen LogP contribution in [0.25, 0.3) is 0 Å². The highest BCUT2D eigenvalue weighted by Gasteiger charge is 2.51. The second-order valence-electron chi connectivity index (χ2n) is 7.39. The number of rotatable bonds is 2. The second-order valence-corrected chi connectivity index (χ2v) is 7.39. The van der Waals surface area contributed by atoms with Crippen molar-refractivity contribution in [3.8, 4) is 0 Å². The average Bonchev–Trinajstić information content (AvgIpc) is 2.92. The lowest BCUT2D eigenvalue weighted by Gasteiger charge is -2.32. The first kappa shape index (κ1) is 15.6. The molecule has 0 aliphatic carbocycles. The molecule has 0 spiro atoms. The van der Waals surface area contributed by atoms with Crippen molar-refractivity contribution >= 4 is 24.0 Å². The third kappa shape index (κ3) is 2.46. The highest BCUT2D eigenvalue weighted by Crippen LogP contribution is 2.36. The molecule has 1 fully saturated rings. The van der Waals surface area contributed by atoms with Crippen molar-refractivity contribution in [3.05, 3.63) is 23.8 Å². The Morgan fingerprint density at radius 3 is 2.36 bits per heavy atom. The standard InChI is InChI=1S/C17H25BN2O2/c1-11-8-9-20-15(11)13-10-12(6-7-14(13)19)18-21-16(2,3)17(4,5)22-18/h6-7,10-11H,8-9,19H2,1-5H3. The van der Waals surface area contributed by atoms with Crippen LogP contribution < -0.4 is 11.2 Å². The molecule has 0 amide bonds. The van der Waals surface area contributed by atoms with E-state index in [9.17, 15) is 0 Å². The van der Waals surface area contributed by atoms with Gasteiger partial charge in [-0.25, -0.2) is 0 Å². The van der Waals surface area contributed by atoms with Crippen LogP contribution in [0.15, 0.2) is 23.2 Å². The van der Waals surface area contributed by atoms with Gasteiger partial charge in [0.05, 0.1) is 11.2 Å². The molecular weight excluding hydrogens is 275 g/mol. The largest absolute Gasteiger partial charge is 0.494 e. The van der Waals surface area contributed by atoms with Crippen molar-refractivity contribution in [2.45, 2.75) is 52.2 Å². The van der Waals surface area contributed by atoms with Crippen molar-refractivity contribution in [1.29, 1.82) is 0 Å². The van der Waals surface area contributed by atoms with E-state index in [-0.39, 0.29) is 18.3 Å². The van der Waals surface area contributed by atoms with E-state index in [1.807, 2.05) is 12.1 Å². The van der Waals surface area contributed by atoms with Crippen molar-refractivity contribution < 1.29 is 9.31 Å². The fraction of sp³-hybridized carbons (Fsp3) is 0.588. The maximum Gasteiger partial charge on any atom is 0.494 e. The first-order valence-corrected chi connectivity index (χ1v) is 8.01. The molecule has 0 aromatic heterocycles. The summed E-state index contributed by atoms with van der Waals surface area (Å²) in [6.45, 7) is 11.3. The van der Waals surface area contributed by atoms with Gasteiger partial charge in [-0.2, -0.15) is 0 Å². The minimum atomic E-state index is -0.360. The molecule has 1 aromatic carbocycles. The van der Waals surface area contributed by atoms with E-state index in [0.717, 1.165) is 35.4 Å². The first-order chi connectivity index (χ1) is 10.2. The molecule has 0 bridgehead atoms. The van der Waals surface area contributed by atoms with Gasteiger partial charge in [-0.3, -0.25) is 4.99 Å². The summed E-state index contributed by atoms with van der Waals surface area (Å²) in [5.74, 6) is 0.454.